The van der Waals surface area contributed by atoms with Crippen LogP contribution in [0.1, 0.15) is 25.0 Å². The SMILES string of the molecule is [CH2]C(C)(C)Cc1cccc(C)c1. The van der Waals surface area contributed by atoms with Crippen LogP contribution >= 0.6 is 0 Å². The van der Waals surface area contributed by atoms with Gasteiger partial charge in [-0.25, -0.2) is 0 Å². The van der Waals surface area contributed by atoms with Crippen molar-refractivity contribution < 1.29 is 0 Å². The second-order valence-electron chi connectivity index (χ2n) is 4.33. The van der Waals surface area contributed by atoms with Gasteiger partial charge in [0.25, 0.3) is 0 Å². The highest BCUT2D eigenvalue weighted by Gasteiger charge is 2.10. The van der Waals surface area contributed by atoms with Gasteiger partial charge in [0.1, 0.15) is 0 Å². The first kappa shape index (κ1) is 9.31. The van der Waals surface area contributed by atoms with Crippen LogP contribution in [0.2, 0.25) is 0 Å². The molecule has 0 saturated heterocycles. The zero-order valence-electron chi connectivity index (χ0n) is 8.22. The summed E-state index contributed by atoms with van der Waals surface area (Å²) in [7, 11) is 0. The Kier molecular flexibility index (Phi) is 2.56. The van der Waals surface area contributed by atoms with Crippen molar-refractivity contribution in [2.75, 3.05) is 0 Å². The second kappa shape index (κ2) is 3.30. The molecular formula is C12H17. The molecule has 65 valence electrons. The van der Waals surface area contributed by atoms with E-state index in [4.69, 9.17) is 0 Å². The topological polar surface area (TPSA) is 0 Å². The summed E-state index contributed by atoms with van der Waals surface area (Å²) in [5, 5.41) is 0. The number of benzene rings is 1. The average Bonchev–Trinajstić information content (AvgIpc) is 1.82. The van der Waals surface area contributed by atoms with E-state index < -0.39 is 0 Å². The largest absolute Gasteiger partial charge is 0.0617 e. The van der Waals surface area contributed by atoms with E-state index in [9.17, 15) is 0 Å². The van der Waals surface area contributed by atoms with Crippen molar-refractivity contribution in [1.82, 2.24) is 0 Å². The van der Waals surface area contributed by atoms with E-state index in [1.165, 1.54) is 11.1 Å². The monoisotopic (exact) mass is 161 g/mol. The van der Waals surface area contributed by atoms with Crippen molar-refractivity contribution in [3.05, 3.63) is 42.3 Å². The van der Waals surface area contributed by atoms with Crippen LogP contribution < -0.4 is 0 Å². The van der Waals surface area contributed by atoms with Crippen LogP contribution in [0.3, 0.4) is 0 Å². The lowest BCUT2D eigenvalue weighted by Crippen LogP contribution is -2.09. The molecule has 0 N–H and O–H groups in total. The minimum absolute atomic E-state index is 0.147. The summed E-state index contributed by atoms with van der Waals surface area (Å²) in [4.78, 5) is 0. The van der Waals surface area contributed by atoms with E-state index in [0.29, 0.717) is 0 Å². The van der Waals surface area contributed by atoms with E-state index in [1.54, 1.807) is 0 Å². The van der Waals surface area contributed by atoms with Crippen LogP contribution in [-0.2, 0) is 6.42 Å². The van der Waals surface area contributed by atoms with Crippen LogP contribution in [0, 0.1) is 19.3 Å². The van der Waals surface area contributed by atoms with E-state index in [1.807, 2.05) is 0 Å². The highest BCUT2D eigenvalue weighted by atomic mass is 14.2. The lowest BCUT2D eigenvalue weighted by Gasteiger charge is -2.17. The quantitative estimate of drug-likeness (QED) is 0.623. The van der Waals surface area contributed by atoms with Crippen molar-refractivity contribution in [2.24, 2.45) is 5.41 Å². The van der Waals surface area contributed by atoms with Crippen LogP contribution in [0.4, 0.5) is 0 Å². The molecule has 1 aromatic carbocycles. The number of hydrogen-bond acceptors (Lipinski definition) is 0. The Morgan fingerprint density at radius 1 is 1.33 bits per heavy atom. The minimum Gasteiger partial charge on any atom is -0.0617 e. The van der Waals surface area contributed by atoms with Gasteiger partial charge < -0.3 is 0 Å². The fourth-order valence-electron chi connectivity index (χ4n) is 1.37. The lowest BCUT2D eigenvalue weighted by atomic mass is 9.88. The van der Waals surface area contributed by atoms with Crippen molar-refractivity contribution in [3.63, 3.8) is 0 Å². The summed E-state index contributed by atoms with van der Waals surface area (Å²) in [5.74, 6) is 0. The molecule has 0 unspecified atom stereocenters. The van der Waals surface area contributed by atoms with Crippen LogP contribution in [0.15, 0.2) is 24.3 Å². The Labute approximate surface area is 75.6 Å². The summed E-state index contributed by atoms with van der Waals surface area (Å²) in [5.41, 5.74) is 2.86. The molecule has 0 nitrogen and oxygen atoms in total. The summed E-state index contributed by atoms with van der Waals surface area (Å²) in [6.07, 6.45) is 1.05. The normalized spacial score (nSPS) is 11.7. The third kappa shape index (κ3) is 3.08. The Morgan fingerprint density at radius 3 is 2.50 bits per heavy atom. The van der Waals surface area contributed by atoms with Crippen molar-refractivity contribution in [3.8, 4) is 0 Å². The van der Waals surface area contributed by atoms with Gasteiger partial charge in [0.2, 0.25) is 0 Å². The highest BCUT2D eigenvalue weighted by molar-refractivity contribution is 5.23. The van der Waals surface area contributed by atoms with Gasteiger partial charge in [0.15, 0.2) is 0 Å². The number of hydrogen-bond donors (Lipinski definition) is 0. The van der Waals surface area contributed by atoms with Crippen molar-refractivity contribution in [2.45, 2.75) is 27.2 Å². The summed E-state index contributed by atoms with van der Waals surface area (Å²) >= 11 is 0. The number of aryl methyl sites for hydroxylation is 1. The molecule has 0 aliphatic carbocycles. The molecule has 0 saturated carbocycles. The maximum absolute atomic E-state index is 4.10. The smallest absolute Gasteiger partial charge is 0.0227 e. The molecule has 0 atom stereocenters. The number of rotatable bonds is 2. The summed E-state index contributed by atoms with van der Waals surface area (Å²) < 4.78 is 0. The molecule has 1 aromatic rings. The van der Waals surface area contributed by atoms with E-state index in [2.05, 4.69) is 52.0 Å². The molecule has 12 heavy (non-hydrogen) atoms. The molecule has 0 aromatic heterocycles. The molecule has 0 heterocycles. The standard InChI is InChI=1S/C12H17/c1-10-6-5-7-11(8-10)9-12(2,3)4/h5-8H,2,9H2,1,3-4H3. The summed E-state index contributed by atoms with van der Waals surface area (Å²) in [6.45, 7) is 10.5. The van der Waals surface area contributed by atoms with Gasteiger partial charge in [-0.1, -0.05) is 43.7 Å². The van der Waals surface area contributed by atoms with Gasteiger partial charge >= 0.3 is 0 Å². The lowest BCUT2D eigenvalue weighted by molar-refractivity contribution is 0.472. The van der Waals surface area contributed by atoms with Crippen LogP contribution in [0.5, 0.6) is 0 Å². The van der Waals surface area contributed by atoms with E-state index in [0.717, 1.165) is 6.42 Å². The van der Waals surface area contributed by atoms with Gasteiger partial charge in [-0.05, 0) is 31.2 Å². The van der Waals surface area contributed by atoms with E-state index >= 15 is 0 Å². The van der Waals surface area contributed by atoms with E-state index in [-0.39, 0.29) is 5.41 Å². The molecule has 0 heteroatoms. The third-order valence-electron chi connectivity index (χ3n) is 1.77. The van der Waals surface area contributed by atoms with Gasteiger partial charge in [-0.3, -0.25) is 0 Å². The Hall–Kier alpha value is -0.780. The fourth-order valence-corrected chi connectivity index (χ4v) is 1.37. The molecule has 0 aliphatic heterocycles. The molecule has 0 amide bonds. The predicted molar refractivity (Wildman–Crippen MR) is 54.0 cm³/mol. The summed E-state index contributed by atoms with van der Waals surface area (Å²) in [6, 6.07) is 8.63. The van der Waals surface area contributed by atoms with Gasteiger partial charge in [0.05, 0.1) is 0 Å². The molecule has 0 spiro atoms. The van der Waals surface area contributed by atoms with Gasteiger partial charge in [-0.2, -0.15) is 0 Å². The van der Waals surface area contributed by atoms with Gasteiger partial charge in [0, 0.05) is 0 Å². The first-order chi connectivity index (χ1) is 5.47. The Balaban J connectivity index is 2.77. The molecular weight excluding hydrogens is 144 g/mol. The minimum atomic E-state index is 0.147. The maximum Gasteiger partial charge on any atom is -0.0227 e. The predicted octanol–water partition coefficient (Wildman–Crippen LogP) is 3.40. The third-order valence-corrected chi connectivity index (χ3v) is 1.77. The van der Waals surface area contributed by atoms with Crippen molar-refractivity contribution >= 4 is 0 Å². The molecule has 1 radical (unpaired) electrons. The van der Waals surface area contributed by atoms with Crippen molar-refractivity contribution in [1.29, 1.82) is 0 Å². The Morgan fingerprint density at radius 2 is 2.00 bits per heavy atom. The zero-order valence-corrected chi connectivity index (χ0v) is 8.22. The first-order valence-electron chi connectivity index (χ1n) is 4.38. The fraction of sp³-hybridized carbons (Fsp3) is 0.417. The second-order valence-corrected chi connectivity index (χ2v) is 4.33. The molecule has 0 aliphatic rings. The molecule has 0 fully saturated rings. The first-order valence-corrected chi connectivity index (χ1v) is 4.38. The average molecular weight is 161 g/mol. The molecule has 0 bridgehead atoms. The van der Waals surface area contributed by atoms with Crippen LogP contribution in [0.25, 0.3) is 0 Å². The zero-order chi connectivity index (χ0) is 9.19. The Bertz CT molecular complexity index is 253. The molecule has 1 rings (SSSR count). The maximum atomic E-state index is 4.10. The van der Waals surface area contributed by atoms with Gasteiger partial charge in [-0.15, -0.1) is 0 Å². The van der Waals surface area contributed by atoms with Crippen LogP contribution in [-0.4, -0.2) is 0 Å². The highest BCUT2D eigenvalue weighted by Crippen LogP contribution is 2.20.